The predicted octanol–water partition coefficient (Wildman–Crippen LogP) is 0.580. The molecule has 0 aromatic rings. The molecule has 3 rings (SSSR count). The van der Waals surface area contributed by atoms with Gasteiger partial charge >= 0.3 is 6.03 Å². The van der Waals surface area contributed by atoms with Gasteiger partial charge < -0.3 is 21.3 Å². The number of rotatable bonds is 6. The zero-order valence-electron chi connectivity index (χ0n) is 12.9. The van der Waals surface area contributed by atoms with Crippen molar-refractivity contribution in [3.05, 3.63) is 0 Å². The Kier molecular flexibility index (Phi) is 5.46. The molecule has 0 saturated carbocycles. The summed E-state index contributed by atoms with van der Waals surface area (Å²) < 4.78 is 0. The Bertz CT molecular complexity index is 414. The zero-order chi connectivity index (χ0) is 15.4. The van der Waals surface area contributed by atoms with Crippen molar-refractivity contribution in [2.75, 3.05) is 18.8 Å². The van der Waals surface area contributed by atoms with E-state index in [0.717, 1.165) is 50.9 Å². The summed E-state index contributed by atoms with van der Waals surface area (Å²) in [5.41, 5.74) is 0. The van der Waals surface area contributed by atoms with Gasteiger partial charge in [0.2, 0.25) is 5.91 Å². The van der Waals surface area contributed by atoms with E-state index in [4.69, 9.17) is 0 Å². The van der Waals surface area contributed by atoms with Crippen LogP contribution in [0.2, 0.25) is 0 Å². The van der Waals surface area contributed by atoms with Crippen LogP contribution < -0.4 is 21.3 Å². The standard InChI is InChI=1S/C15H26N4O2S/c20-13(17-10-4-3-7-16-8-10)6-2-1-5-12-14-11(9-22-12)18-15(21)19-14/h10-12,14,16H,1-9H2,(H,17,20)(H2,18,19,21). The maximum atomic E-state index is 11.9. The highest BCUT2D eigenvalue weighted by Crippen LogP contribution is 2.33. The van der Waals surface area contributed by atoms with Gasteiger partial charge in [-0.3, -0.25) is 4.79 Å². The first-order valence-corrected chi connectivity index (χ1v) is 9.46. The van der Waals surface area contributed by atoms with Crippen molar-refractivity contribution in [1.29, 1.82) is 0 Å². The normalized spacial score (nSPS) is 33.9. The van der Waals surface area contributed by atoms with Gasteiger partial charge in [-0.15, -0.1) is 0 Å². The van der Waals surface area contributed by atoms with E-state index in [9.17, 15) is 9.59 Å². The lowest BCUT2D eigenvalue weighted by Crippen LogP contribution is -2.45. The molecule has 3 amide bonds. The smallest absolute Gasteiger partial charge is 0.315 e. The molecular formula is C15H26N4O2S. The zero-order valence-corrected chi connectivity index (χ0v) is 13.7. The summed E-state index contributed by atoms with van der Waals surface area (Å²) in [7, 11) is 0. The molecule has 3 aliphatic rings. The Morgan fingerprint density at radius 2 is 2.23 bits per heavy atom. The SMILES string of the molecule is O=C(CCCCC1SCC2NC(=O)NC21)NC1CCCNC1. The summed E-state index contributed by atoms with van der Waals surface area (Å²) in [6, 6.07) is 0.859. The average molecular weight is 326 g/mol. The second-order valence-corrected chi connectivity index (χ2v) is 7.75. The summed E-state index contributed by atoms with van der Waals surface area (Å²) in [4.78, 5) is 23.2. The Labute approximate surface area is 135 Å². The minimum atomic E-state index is -0.0271. The van der Waals surface area contributed by atoms with Crippen LogP contribution in [0.15, 0.2) is 0 Å². The van der Waals surface area contributed by atoms with Crippen molar-refractivity contribution in [3.63, 3.8) is 0 Å². The van der Waals surface area contributed by atoms with Crippen molar-refractivity contribution in [3.8, 4) is 0 Å². The van der Waals surface area contributed by atoms with Gasteiger partial charge in [0.1, 0.15) is 0 Å². The van der Waals surface area contributed by atoms with Crippen LogP contribution in [0.3, 0.4) is 0 Å². The number of piperidine rings is 1. The molecule has 4 atom stereocenters. The molecule has 0 spiro atoms. The molecule has 7 heteroatoms. The van der Waals surface area contributed by atoms with Crippen molar-refractivity contribution >= 4 is 23.7 Å². The molecule has 0 aromatic carbocycles. The van der Waals surface area contributed by atoms with Crippen molar-refractivity contribution in [2.24, 2.45) is 0 Å². The van der Waals surface area contributed by atoms with E-state index >= 15 is 0 Å². The number of carbonyl (C=O) groups excluding carboxylic acids is 2. The predicted molar refractivity (Wildman–Crippen MR) is 88.0 cm³/mol. The number of amides is 3. The van der Waals surface area contributed by atoms with Gasteiger partial charge in [-0.25, -0.2) is 4.79 Å². The molecule has 0 aromatic heterocycles. The molecule has 3 saturated heterocycles. The van der Waals surface area contributed by atoms with Crippen LogP contribution in [0.1, 0.15) is 38.5 Å². The minimum Gasteiger partial charge on any atom is -0.352 e. The lowest BCUT2D eigenvalue weighted by Gasteiger charge is -2.23. The van der Waals surface area contributed by atoms with E-state index in [1.165, 1.54) is 0 Å². The van der Waals surface area contributed by atoms with Gasteiger partial charge in [0, 0.05) is 30.0 Å². The number of thioether (sulfide) groups is 1. The molecule has 0 aliphatic carbocycles. The Morgan fingerprint density at radius 3 is 3.05 bits per heavy atom. The summed E-state index contributed by atoms with van der Waals surface area (Å²) in [6.07, 6.45) is 5.91. The monoisotopic (exact) mass is 326 g/mol. The highest BCUT2D eigenvalue weighted by Gasteiger charge is 2.42. The molecule has 22 heavy (non-hydrogen) atoms. The number of fused-ring (bicyclic) bond motifs is 1. The maximum Gasteiger partial charge on any atom is 0.315 e. The van der Waals surface area contributed by atoms with Crippen molar-refractivity contribution in [2.45, 2.75) is 61.9 Å². The summed E-state index contributed by atoms with van der Waals surface area (Å²) in [5, 5.41) is 12.9. The highest BCUT2D eigenvalue weighted by molar-refractivity contribution is 8.00. The molecule has 3 fully saturated rings. The van der Waals surface area contributed by atoms with Crippen LogP contribution in [-0.2, 0) is 4.79 Å². The topological polar surface area (TPSA) is 82.3 Å². The third-order valence-corrected chi connectivity index (χ3v) is 6.25. The summed E-state index contributed by atoms with van der Waals surface area (Å²) in [6.45, 7) is 1.97. The van der Waals surface area contributed by atoms with Gasteiger partial charge in [-0.1, -0.05) is 6.42 Å². The number of hydrogen-bond donors (Lipinski definition) is 4. The quantitative estimate of drug-likeness (QED) is 0.425. The van der Waals surface area contributed by atoms with Gasteiger partial charge in [-0.05, 0) is 32.2 Å². The van der Waals surface area contributed by atoms with Crippen LogP contribution in [0.5, 0.6) is 0 Å². The largest absolute Gasteiger partial charge is 0.352 e. The summed E-state index contributed by atoms with van der Waals surface area (Å²) >= 11 is 1.94. The average Bonchev–Trinajstić information content (AvgIpc) is 3.04. The lowest BCUT2D eigenvalue weighted by atomic mass is 10.0. The molecule has 124 valence electrons. The second-order valence-electron chi connectivity index (χ2n) is 6.48. The van der Waals surface area contributed by atoms with Crippen LogP contribution in [0.25, 0.3) is 0 Å². The Morgan fingerprint density at radius 1 is 1.32 bits per heavy atom. The van der Waals surface area contributed by atoms with E-state index in [1.807, 2.05) is 11.8 Å². The number of unbranched alkanes of at least 4 members (excludes halogenated alkanes) is 1. The molecule has 3 heterocycles. The van der Waals surface area contributed by atoms with Crippen LogP contribution in [0.4, 0.5) is 4.79 Å². The van der Waals surface area contributed by atoms with Gasteiger partial charge in [-0.2, -0.15) is 11.8 Å². The van der Waals surface area contributed by atoms with Crippen LogP contribution in [-0.4, -0.2) is 54.2 Å². The number of urea groups is 1. The summed E-state index contributed by atoms with van der Waals surface area (Å²) in [5.74, 6) is 1.19. The fraction of sp³-hybridized carbons (Fsp3) is 0.867. The number of hydrogen-bond acceptors (Lipinski definition) is 4. The maximum absolute atomic E-state index is 11.9. The van der Waals surface area contributed by atoms with Crippen molar-refractivity contribution < 1.29 is 9.59 Å². The van der Waals surface area contributed by atoms with Crippen LogP contribution in [0, 0.1) is 0 Å². The molecule has 4 N–H and O–H groups in total. The van der Waals surface area contributed by atoms with Gasteiger partial charge in [0.15, 0.2) is 0 Å². The molecular weight excluding hydrogens is 300 g/mol. The molecule has 6 nitrogen and oxygen atoms in total. The third kappa shape index (κ3) is 4.07. The second kappa shape index (κ2) is 7.55. The Balaban J connectivity index is 1.29. The van der Waals surface area contributed by atoms with Crippen LogP contribution >= 0.6 is 11.8 Å². The first-order valence-electron chi connectivity index (χ1n) is 8.41. The van der Waals surface area contributed by atoms with E-state index in [0.29, 0.717) is 23.8 Å². The van der Waals surface area contributed by atoms with E-state index in [2.05, 4.69) is 21.3 Å². The molecule has 0 radical (unpaired) electrons. The molecule has 4 unspecified atom stereocenters. The van der Waals surface area contributed by atoms with E-state index in [-0.39, 0.29) is 18.0 Å². The third-order valence-electron chi connectivity index (χ3n) is 4.74. The Hall–Kier alpha value is -0.950. The van der Waals surface area contributed by atoms with Gasteiger partial charge in [0.25, 0.3) is 0 Å². The molecule has 0 bridgehead atoms. The number of nitrogens with one attached hydrogen (secondary N) is 4. The van der Waals surface area contributed by atoms with E-state index < -0.39 is 0 Å². The first-order chi connectivity index (χ1) is 10.7. The van der Waals surface area contributed by atoms with Gasteiger partial charge in [0.05, 0.1) is 12.1 Å². The fourth-order valence-corrected chi connectivity index (χ4v) is 5.09. The van der Waals surface area contributed by atoms with E-state index in [1.54, 1.807) is 0 Å². The highest BCUT2D eigenvalue weighted by atomic mass is 32.2. The molecule has 3 aliphatic heterocycles. The van der Waals surface area contributed by atoms with Crippen molar-refractivity contribution in [1.82, 2.24) is 21.3 Å². The number of carbonyl (C=O) groups is 2. The fourth-order valence-electron chi connectivity index (χ4n) is 3.55. The minimum absolute atomic E-state index is 0.0271. The first kappa shape index (κ1) is 15.9. The lowest BCUT2D eigenvalue weighted by molar-refractivity contribution is -0.122.